The zero-order valence-corrected chi connectivity index (χ0v) is 15.3. The smallest absolute Gasteiger partial charge is 0.236 e. The molecular weight excluding hydrogens is 312 g/mol. The van der Waals surface area contributed by atoms with E-state index < -0.39 is 0 Å². The predicted octanol–water partition coefficient (Wildman–Crippen LogP) is 2.66. The van der Waals surface area contributed by atoms with E-state index in [4.69, 9.17) is 9.47 Å². The quantitative estimate of drug-likeness (QED) is 0.828. The molecule has 128 valence electrons. The Balaban J connectivity index is 2.19. The van der Waals surface area contributed by atoms with Crippen molar-refractivity contribution in [2.24, 2.45) is 0 Å². The van der Waals surface area contributed by atoms with Crippen molar-refractivity contribution < 1.29 is 14.3 Å². The van der Waals surface area contributed by atoms with Crippen LogP contribution < -0.4 is 14.8 Å². The van der Waals surface area contributed by atoms with E-state index in [2.05, 4.69) is 19.2 Å². The van der Waals surface area contributed by atoms with Gasteiger partial charge in [-0.25, -0.2) is 0 Å². The Kier molecular flexibility index (Phi) is 6.18. The van der Waals surface area contributed by atoms with E-state index in [0.717, 1.165) is 12.1 Å². The molecule has 0 radical (unpaired) electrons. The van der Waals surface area contributed by atoms with Crippen molar-refractivity contribution in [2.45, 2.75) is 37.4 Å². The molecule has 1 heterocycles. The molecule has 1 N–H and O–H groups in total. The third kappa shape index (κ3) is 4.12. The molecule has 1 aliphatic rings. The number of rotatable bonds is 7. The average molecular weight is 338 g/mol. The maximum atomic E-state index is 12.5. The van der Waals surface area contributed by atoms with Crippen molar-refractivity contribution in [2.75, 3.05) is 27.3 Å². The number of carbonyl (C=O) groups excluding carboxylic acids is 1. The second-order valence-electron chi connectivity index (χ2n) is 5.89. The Morgan fingerprint density at radius 3 is 2.57 bits per heavy atom. The van der Waals surface area contributed by atoms with E-state index >= 15 is 0 Å². The van der Waals surface area contributed by atoms with Crippen LogP contribution in [0.1, 0.15) is 31.7 Å². The van der Waals surface area contributed by atoms with E-state index in [1.165, 1.54) is 0 Å². The van der Waals surface area contributed by atoms with Crippen LogP contribution >= 0.6 is 11.8 Å². The van der Waals surface area contributed by atoms with Crippen LogP contribution in [0.15, 0.2) is 18.2 Å². The number of methoxy groups -OCH3 is 2. The van der Waals surface area contributed by atoms with Crippen molar-refractivity contribution in [3.63, 3.8) is 0 Å². The van der Waals surface area contributed by atoms with Crippen LogP contribution in [0.4, 0.5) is 0 Å². The highest BCUT2D eigenvalue weighted by molar-refractivity contribution is 8.01. The summed E-state index contributed by atoms with van der Waals surface area (Å²) in [4.78, 5) is 14.4. The maximum Gasteiger partial charge on any atom is 0.236 e. The normalized spacial score (nSPS) is 21.1. The number of benzene rings is 1. The first kappa shape index (κ1) is 17.9. The molecule has 6 heteroatoms. The lowest BCUT2D eigenvalue weighted by molar-refractivity contribution is -0.129. The minimum atomic E-state index is -0.0212. The van der Waals surface area contributed by atoms with Gasteiger partial charge in [-0.3, -0.25) is 4.79 Å². The molecule has 0 aromatic heterocycles. The second-order valence-corrected chi connectivity index (χ2v) is 7.31. The van der Waals surface area contributed by atoms with Crippen molar-refractivity contribution in [1.82, 2.24) is 10.2 Å². The number of nitrogens with one attached hydrogen (secondary N) is 1. The lowest BCUT2D eigenvalue weighted by Gasteiger charge is -2.25. The van der Waals surface area contributed by atoms with E-state index in [-0.39, 0.29) is 16.5 Å². The summed E-state index contributed by atoms with van der Waals surface area (Å²) >= 11 is 1.68. The molecular formula is C17H26N2O3S. The van der Waals surface area contributed by atoms with Crippen LogP contribution in [0.5, 0.6) is 11.5 Å². The van der Waals surface area contributed by atoms with Crippen LogP contribution in [0.25, 0.3) is 0 Å². The fraction of sp³-hybridized carbons (Fsp3) is 0.588. The highest BCUT2D eigenvalue weighted by Gasteiger charge is 2.38. The van der Waals surface area contributed by atoms with Gasteiger partial charge in [0.1, 0.15) is 5.37 Å². The molecule has 0 spiro atoms. The first-order valence-electron chi connectivity index (χ1n) is 7.89. The summed E-state index contributed by atoms with van der Waals surface area (Å²) in [6.07, 6.45) is 0. The van der Waals surface area contributed by atoms with Gasteiger partial charge < -0.3 is 19.7 Å². The second kappa shape index (κ2) is 7.93. The summed E-state index contributed by atoms with van der Waals surface area (Å²) < 4.78 is 10.7. The van der Waals surface area contributed by atoms with Crippen LogP contribution in [0.3, 0.4) is 0 Å². The van der Waals surface area contributed by atoms with E-state index in [1.54, 1.807) is 26.0 Å². The number of hydrogen-bond donors (Lipinski definition) is 1. The van der Waals surface area contributed by atoms with Gasteiger partial charge >= 0.3 is 0 Å². The Hall–Kier alpha value is -1.40. The van der Waals surface area contributed by atoms with Gasteiger partial charge in [-0.2, -0.15) is 0 Å². The highest BCUT2D eigenvalue weighted by atomic mass is 32.2. The van der Waals surface area contributed by atoms with Gasteiger partial charge in [-0.15, -0.1) is 11.8 Å². The molecule has 1 fully saturated rings. The number of carbonyl (C=O) groups is 1. The van der Waals surface area contributed by atoms with Crippen LogP contribution in [-0.4, -0.2) is 49.4 Å². The first-order valence-corrected chi connectivity index (χ1v) is 8.83. The number of amides is 1. The fourth-order valence-corrected chi connectivity index (χ4v) is 3.94. The third-order valence-electron chi connectivity index (χ3n) is 3.84. The van der Waals surface area contributed by atoms with Crippen molar-refractivity contribution >= 4 is 17.7 Å². The Labute approximate surface area is 142 Å². The monoisotopic (exact) mass is 338 g/mol. The average Bonchev–Trinajstić information content (AvgIpc) is 2.82. The summed E-state index contributed by atoms with van der Waals surface area (Å²) in [7, 11) is 3.25. The molecule has 5 nitrogen and oxygen atoms in total. The van der Waals surface area contributed by atoms with Gasteiger partial charge in [-0.05, 0) is 24.6 Å². The molecule has 1 amide bonds. The van der Waals surface area contributed by atoms with Crippen LogP contribution in [-0.2, 0) is 4.79 Å². The largest absolute Gasteiger partial charge is 0.493 e. The van der Waals surface area contributed by atoms with E-state index in [0.29, 0.717) is 24.1 Å². The van der Waals surface area contributed by atoms with Crippen molar-refractivity contribution in [1.29, 1.82) is 0 Å². The van der Waals surface area contributed by atoms with Crippen molar-refractivity contribution in [3.05, 3.63) is 23.8 Å². The van der Waals surface area contributed by atoms with E-state index in [9.17, 15) is 4.79 Å². The van der Waals surface area contributed by atoms with Gasteiger partial charge in [0.15, 0.2) is 11.5 Å². The van der Waals surface area contributed by atoms with Gasteiger partial charge in [0.2, 0.25) is 5.91 Å². The molecule has 0 aliphatic carbocycles. The summed E-state index contributed by atoms with van der Waals surface area (Å²) in [5, 5.41) is 3.37. The summed E-state index contributed by atoms with van der Waals surface area (Å²) in [5.74, 6) is 1.59. The number of thioether (sulfide) groups is 1. The lowest BCUT2D eigenvalue weighted by Crippen LogP contribution is -2.38. The van der Waals surface area contributed by atoms with Crippen LogP contribution in [0, 0.1) is 0 Å². The lowest BCUT2D eigenvalue weighted by atomic mass is 10.1. The fourth-order valence-electron chi connectivity index (χ4n) is 2.64. The molecule has 2 unspecified atom stereocenters. The van der Waals surface area contributed by atoms with Gasteiger partial charge in [0.25, 0.3) is 0 Å². The number of ether oxygens (including phenoxy) is 2. The Morgan fingerprint density at radius 2 is 1.96 bits per heavy atom. The van der Waals surface area contributed by atoms with Crippen molar-refractivity contribution in [3.8, 4) is 11.5 Å². The molecule has 2 rings (SSSR count). The van der Waals surface area contributed by atoms with E-state index in [1.807, 2.05) is 30.0 Å². The van der Waals surface area contributed by atoms with Gasteiger partial charge in [0.05, 0.1) is 19.5 Å². The summed E-state index contributed by atoms with van der Waals surface area (Å²) in [5.41, 5.74) is 1.06. The van der Waals surface area contributed by atoms with Crippen LogP contribution in [0.2, 0.25) is 0 Å². The minimum Gasteiger partial charge on any atom is -0.493 e. The molecule has 23 heavy (non-hydrogen) atoms. The summed E-state index contributed by atoms with van der Waals surface area (Å²) in [6.45, 7) is 7.68. The molecule has 0 saturated carbocycles. The topological polar surface area (TPSA) is 50.8 Å². The summed E-state index contributed by atoms with van der Waals surface area (Å²) in [6, 6.07) is 6.28. The maximum absolute atomic E-state index is 12.5. The SMILES string of the molecule is COc1ccc(C2SC(C)C(=O)N2CCNC(C)C)cc1OC. The van der Waals surface area contributed by atoms with Gasteiger partial charge in [0, 0.05) is 19.1 Å². The number of hydrogen-bond acceptors (Lipinski definition) is 5. The molecule has 0 bridgehead atoms. The molecule has 2 atom stereocenters. The Morgan fingerprint density at radius 1 is 1.26 bits per heavy atom. The minimum absolute atomic E-state index is 0.0197. The highest BCUT2D eigenvalue weighted by Crippen LogP contribution is 2.44. The first-order chi connectivity index (χ1) is 11.0. The van der Waals surface area contributed by atoms with Gasteiger partial charge in [-0.1, -0.05) is 19.9 Å². The zero-order valence-electron chi connectivity index (χ0n) is 14.5. The Bertz CT molecular complexity index is 551. The molecule has 1 aromatic carbocycles. The molecule has 1 aromatic rings. The predicted molar refractivity (Wildman–Crippen MR) is 94.2 cm³/mol. The third-order valence-corrected chi connectivity index (χ3v) is 5.24. The standard InChI is InChI=1S/C17H26N2O3S/c1-11(2)18-8-9-19-16(20)12(3)23-17(19)13-6-7-14(21-4)15(10-13)22-5/h6-7,10-12,17-18H,8-9H2,1-5H3. The molecule has 1 saturated heterocycles. The number of nitrogens with zero attached hydrogens (tertiary/aromatic N) is 1. The molecule has 1 aliphatic heterocycles. The zero-order chi connectivity index (χ0) is 17.0.